The number of amides is 1. The molecule has 5 nitrogen and oxygen atoms in total. The van der Waals surface area contributed by atoms with Crippen LogP contribution in [0.5, 0.6) is 0 Å². The minimum atomic E-state index is -1.14. The largest absolute Gasteiger partial charge is 0.466 e. The molecular weight excluding hydrogens is 312 g/mol. The van der Waals surface area contributed by atoms with Crippen molar-refractivity contribution in [2.24, 2.45) is 0 Å². The second kappa shape index (κ2) is 7.27. The number of carbonyl (C=O) groups is 1. The van der Waals surface area contributed by atoms with E-state index < -0.39 is 5.60 Å². The average molecular weight is 336 g/mol. The Morgan fingerprint density at radius 1 is 1.43 bits per heavy atom. The number of carbonyl (C=O) groups excluding carboxylic acids is 1. The van der Waals surface area contributed by atoms with Gasteiger partial charge in [0.2, 0.25) is 5.91 Å². The molecule has 2 aromatic heterocycles. The van der Waals surface area contributed by atoms with E-state index in [9.17, 15) is 9.90 Å². The van der Waals surface area contributed by atoms with Crippen LogP contribution in [0.1, 0.15) is 47.6 Å². The first-order chi connectivity index (χ1) is 10.8. The second-order valence-corrected chi connectivity index (χ2v) is 7.15. The van der Waals surface area contributed by atoms with E-state index in [4.69, 9.17) is 4.42 Å². The zero-order chi connectivity index (χ0) is 17.0. The molecule has 0 aliphatic heterocycles. The van der Waals surface area contributed by atoms with Gasteiger partial charge in [-0.1, -0.05) is 0 Å². The van der Waals surface area contributed by atoms with Crippen LogP contribution in [-0.4, -0.2) is 22.5 Å². The van der Waals surface area contributed by atoms with Crippen LogP contribution in [-0.2, 0) is 16.8 Å². The molecule has 0 fully saturated rings. The van der Waals surface area contributed by atoms with Crippen molar-refractivity contribution in [1.82, 2.24) is 10.3 Å². The predicted molar refractivity (Wildman–Crippen MR) is 90.6 cm³/mol. The van der Waals surface area contributed by atoms with Gasteiger partial charge in [-0.15, -0.1) is 11.3 Å². The fraction of sp³-hybridized carbons (Fsp3) is 0.529. The van der Waals surface area contributed by atoms with Gasteiger partial charge in [0.25, 0.3) is 0 Å². The molecule has 0 aromatic carbocycles. The lowest BCUT2D eigenvalue weighted by molar-refractivity contribution is -0.122. The van der Waals surface area contributed by atoms with Crippen LogP contribution in [0, 0.1) is 20.8 Å². The summed E-state index contributed by atoms with van der Waals surface area (Å²) in [6.07, 6.45) is 1.98. The van der Waals surface area contributed by atoms with Crippen molar-refractivity contribution in [2.75, 3.05) is 6.54 Å². The maximum atomic E-state index is 11.9. The number of aromatic nitrogens is 1. The lowest BCUT2D eigenvalue weighted by Crippen LogP contribution is -2.38. The maximum Gasteiger partial charge on any atom is 0.220 e. The number of aliphatic hydroxyl groups is 1. The Morgan fingerprint density at radius 2 is 2.17 bits per heavy atom. The fourth-order valence-corrected chi connectivity index (χ4v) is 3.22. The van der Waals surface area contributed by atoms with Crippen LogP contribution < -0.4 is 5.32 Å². The molecule has 0 aliphatic carbocycles. The molecule has 0 radical (unpaired) electrons. The molecule has 2 heterocycles. The Hall–Kier alpha value is -1.66. The summed E-state index contributed by atoms with van der Waals surface area (Å²) in [7, 11) is 0. The summed E-state index contributed by atoms with van der Waals surface area (Å²) >= 11 is 1.62. The predicted octanol–water partition coefficient (Wildman–Crippen LogP) is 3.01. The molecule has 0 aliphatic rings. The van der Waals surface area contributed by atoms with Crippen molar-refractivity contribution < 1.29 is 14.3 Å². The summed E-state index contributed by atoms with van der Waals surface area (Å²) in [4.78, 5) is 16.3. The van der Waals surface area contributed by atoms with Crippen molar-refractivity contribution in [1.29, 1.82) is 0 Å². The number of hydrogen-bond acceptors (Lipinski definition) is 5. The van der Waals surface area contributed by atoms with Crippen LogP contribution >= 0.6 is 11.3 Å². The highest BCUT2D eigenvalue weighted by atomic mass is 32.1. The van der Waals surface area contributed by atoms with Gasteiger partial charge < -0.3 is 14.8 Å². The van der Waals surface area contributed by atoms with Gasteiger partial charge in [-0.25, -0.2) is 4.98 Å². The van der Waals surface area contributed by atoms with Gasteiger partial charge in [0, 0.05) is 17.4 Å². The molecule has 1 amide bonds. The zero-order valence-electron chi connectivity index (χ0n) is 14.1. The highest BCUT2D eigenvalue weighted by molar-refractivity contribution is 7.09. The molecule has 1 unspecified atom stereocenters. The molecule has 2 aromatic rings. The lowest BCUT2D eigenvalue weighted by atomic mass is 9.96. The van der Waals surface area contributed by atoms with E-state index >= 15 is 0 Å². The Bertz CT molecular complexity index is 673. The van der Waals surface area contributed by atoms with Crippen LogP contribution in [0.2, 0.25) is 0 Å². The Morgan fingerprint density at radius 3 is 2.74 bits per heavy atom. The Labute approximate surface area is 140 Å². The van der Waals surface area contributed by atoms with Crippen molar-refractivity contribution in [2.45, 2.75) is 52.6 Å². The molecule has 1 atom stereocenters. The molecule has 23 heavy (non-hydrogen) atoms. The number of hydrogen-bond donors (Lipinski definition) is 2. The maximum absolute atomic E-state index is 11.9. The van der Waals surface area contributed by atoms with Crippen molar-refractivity contribution in [3.63, 3.8) is 0 Å². The van der Waals surface area contributed by atoms with Gasteiger partial charge in [-0.2, -0.15) is 0 Å². The van der Waals surface area contributed by atoms with Crippen molar-refractivity contribution >= 4 is 17.2 Å². The summed E-state index contributed by atoms with van der Waals surface area (Å²) in [6, 6.07) is 1.81. The first kappa shape index (κ1) is 17.7. The van der Waals surface area contributed by atoms with Crippen molar-refractivity contribution in [3.8, 4) is 0 Å². The standard InChI is InChI=1S/C17H24N2O3S/c1-11-8-15(12(2)22-11)17(4,21)10-18-16(20)7-5-6-14-9-23-13(3)19-14/h8-9,21H,5-7,10H2,1-4H3,(H,18,20). The van der Waals surface area contributed by atoms with Gasteiger partial charge in [0.05, 0.1) is 17.2 Å². The Kier molecular flexibility index (Phi) is 5.59. The number of rotatable bonds is 7. The van der Waals surface area contributed by atoms with E-state index in [0.717, 1.165) is 29.3 Å². The summed E-state index contributed by atoms with van der Waals surface area (Å²) in [5.74, 6) is 1.37. The smallest absolute Gasteiger partial charge is 0.220 e. The van der Waals surface area contributed by atoms with Gasteiger partial charge in [-0.3, -0.25) is 4.79 Å². The molecular formula is C17H24N2O3S. The lowest BCUT2D eigenvalue weighted by Gasteiger charge is -2.23. The first-order valence-electron chi connectivity index (χ1n) is 7.75. The molecule has 6 heteroatoms. The van der Waals surface area contributed by atoms with Gasteiger partial charge in [-0.05, 0) is 46.6 Å². The minimum Gasteiger partial charge on any atom is -0.466 e. The van der Waals surface area contributed by atoms with Gasteiger partial charge >= 0.3 is 0 Å². The van der Waals surface area contributed by atoms with Crippen LogP contribution in [0.4, 0.5) is 0 Å². The third-order valence-electron chi connectivity index (χ3n) is 3.75. The van der Waals surface area contributed by atoms with Crippen LogP contribution in [0.15, 0.2) is 15.9 Å². The molecule has 2 N–H and O–H groups in total. The second-order valence-electron chi connectivity index (χ2n) is 6.09. The van der Waals surface area contributed by atoms with E-state index in [-0.39, 0.29) is 12.5 Å². The molecule has 126 valence electrons. The highest BCUT2D eigenvalue weighted by Crippen LogP contribution is 2.26. The zero-order valence-corrected chi connectivity index (χ0v) is 14.9. The fourth-order valence-electron chi connectivity index (χ4n) is 2.57. The highest BCUT2D eigenvalue weighted by Gasteiger charge is 2.28. The van der Waals surface area contributed by atoms with Crippen LogP contribution in [0.3, 0.4) is 0 Å². The average Bonchev–Trinajstić information content (AvgIpc) is 3.02. The van der Waals surface area contributed by atoms with E-state index in [1.807, 2.05) is 32.2 Å². The molecule has 0 bridgehead atoms. The molecule has 0 saturated carbocycles. The summed E-state index contributed by atoms with van der Waals surface area (Å²) in [5, 5.41) is 16.4. The monoisotopic (exact) mass is 336 g/mol. The number of aryl methyl sites for hydroxylation is 4. The topological polar surface area (TPSA) is 75.4 Å². The first-order valence-corrected chi connectivity index (χ1v) is 8.63. The number of nitrogens with one attached hydrogen (secondary N) is 1. The van der Waals surface area contributed by atoms with Gasteiger partial charge in [0.15, 0.2) is 0 Å². The van der Waals surface area contributed by atoms with Gasteiger partial charge in [0.1, 0.15) is 17.1 Å². The minimum absolute atomic E-state index is 0.0601. The molecule has 0 spiro atoms. The van der Waals surface area contributed by atoms with E-state index in [2.05, 4.69) is 10.3 Å². The molecule has 0 saturated heterocycles. The Balaban J connectivity index is 1.78. The van der Waals surface area contributed by atoms with Crippen molar-refractivity contribution in [3.05, 3.63) is 39.2 Å². The molecule has 2 rings (SSSR count). The van der Waals surface area contributed by atoms with E-state index in [0.29, 0.717) is 17.7 Å². The summed E-state index contributed by atoms with van der Waals surface area (Å²) < 4.78 is 5.44. The number of furan rings is 1. The van der Waals surface area contributed by atoms with Crippen LogP contribution in [0.25, 0.3) is 0 Å². The number of nitrogens with zero attached hydrogens (tertiary/aromatic N) is 1. The third kappa shape index (κ3) is 4.91. The SMILES string of the molecule is Cc1cc(C(C)(O)CNC(=O)CCCc2csc(C)n2)c(C)o1. The summed E-state index contributed by atoms with van der Waals surface area (Å²) in [6.45, 7) is 7.48. The quantitative estimate of drug-likeness (QED) is 0.815. The normalized spacial score (nSPS) is 13.8. The summed E-state index contributed by atoms with van der Waals surface area (Å²) in [5.41, 5.74) is 0.619. The third-order valence-corrected chi connectivity index (χ3v) is 4.58. The number of thiazole rings is 1. The van der Waals surface area contributed by atoms with E-state index in [1.54, 1.807) is 18.3 Å². The van der Waals surface area contributed by atoms with E-state index in [1.165, 1.54) is 0 Å².